The number of amides is 2. The van der Waals surface area contributed by atoms with Gasteiger partial charge >= 0.3 is 5.97 Å². The van der Waals surface area contributed by atoms with Gasteiger partial charge in [0, 0.05) is 18.2 Å². The van der Waals surface area contributed by atoms with Crippen LogP contribution in [0, 0.1) is 5.92 Å². The number of nitrogens with one attached hydrogen (secondary N) is 1. The summed E-state index contributed by atoms with van der Waals surface area (Å²) >= 11 is 0. The summed E-state index contributed by atoms with van der Waals surface area (Å²) in [5.74, 6) is -0.280. The maximum atomic E-state index is 12.5. The van der Waals surface area contributed by atoms with Gasteiger partial charge < -0.3 is 15.0 Å². The van der Waals surface area contributed by atoms with E-state index in [2.05, 4.69) is 5.32 Å². The third kappa shape index (κ3) is 4.18. The molecular formula is C19H24N2O4. The van der Waals surface area contributed by atoms with Gasteiger partial charge in [0.25, 0.3) is 0 Å². The fourth-order valence-electron chi connectivity index (χ4n) is 3.06. The molecule has 0 aromatic heterocycles. The van der Waals surface area contributed by atoms with Gasteiger partial charge in [-0.2, -0.15) is 0 Å². The van der Waals surface area contributed by atoms with Crippen LogP contribution in [0.2, 0.25) is 0 Å². The number of benzene rings is 1. The number of carbonyl (C=O) groups excluding carboxylic acids is 3. The van der Waals surface area contributed by atoms with Crippen LogP contribution in [-0.4, -0.2) is 41.9 Å². The molecule has 1 unspecified atom stereocenters. The first-order valence-electron chi connectivity index (χ1n) is 8.98. The molecule has 1 aliphatic carbocycles. The Labute approximate surface area is 147 Å². The molecule has 6 heteroatoms. The number of hydrogen-bond acceptors (Lipinski definition) is 4. The molecule has 0 bridgehead atoms. The number of esters is 1. The summed E-state index contributed by atoms with van der Waals surface area (Å²) in [5, 5.41) is 2.85. The number of nitrogens with zero attached hydrogens (tertiary/aromatic N) is 1. The Hall–Kier alpha value is -2.37. The highest BCUT2D eigenvalue weighted by molar-refractivity contribution is 5.98. The molecular weight excluding hydrogens is 320 g/mol. The summed E-state index contributed by atoms with van der Waals surface area (Å²) in [4.78, 5) is 38.3. The predicted molar refractivity (Wildman–Crippen MR) is 93.1 cm³/mol. The van der Waals surface area contributed by atoms with Crippen LogP contribution in [0.1, 0.15) is 49.4 Å². The molecule has 1 saturated heterocycles. The Balaban J connectivity index is 1.58. The van der Waals surface area contributed by atoms with E-state index in [0.717, 1.165) is 25.7 Å². The van der Waals surface area contributed by atoms with E-state index in [0.29, 0.717) is 30.8 Å². The van der Waals surface area contributed by atoms with Gasteiger partial charge in [-0.3, -0.25) is 9.59 Å². The predicted octanol–water partition coefficient (Wildman–Crippen LogP) is 2.59. The van der Waals surface area contributed by atoms with Crippen molar-refractivity contribution < 1.29 is 19.1 Å². The maximum Gasteiger partial charge on any atom is 0.338 e. The molecule has 2 fully saturated rings. The lowest BCUT2D eigenvalue weighted by molar-refractivity contribution is -0.137. The molecule has 1 aliphatic heterocycles. The number of carbonyl (C=O) groups is 3. The average molecular weight is 344 g/mol. The summed E-state index contributed by atoms with van der Waals surface area (Å²) in [7, 11) is 0. The van der Waals surface area contributed by atoms with E-state index >= 15 is 0 Å². The van der Waals surface area contributed by atoms with Gasteiger partial charge in [0.15, 0.2) is 0 Å². The highest BCUT2D eigenvalue weighted by Gasteiger charge is 2.40. The number of rotatable bonds is 6. The van der Waals surface area contributed by atoms with Gasteiger partial charge in [0.1, 0.15) is 6.04 Å². The van der Waals surface area contributed by atoms with Crippen LogP contribution >= 0.6 is 0 Å². The minimum atomic E-state index is -0.387. The molecule has 2 amide bonds. The standard InChI is InChI=1S/C19H24N2O4/c1-2-12-25-19(24)14-7-9-15(10-8-14)20-17(22)16-4-3-11-21(16)18(23)13-5-6-13/h7-10,13,16H,2-6,11-12H2,1H3,(H,20,22). The van der Waals surface area contributed by atoms with Crippen molar-refractivity contribution in [1.29, 1.82) is 0 Å². The number of anilines is 1. The second kappa shape index (κ2) is 7.68. The second-order valence-electron chi connectivity index (χ2n) is 6.67. The van der Waals surface area contributed by atoms with Crippen LogP contribution in [0.5, 0.6) is 0 Å². The molecule has 1 atom stereocenters. The fourth-order valence-corrected chi connectivity index (χ4v) is 3.06. The zero-order valence-corrected chi connectivity index (χ0v) is 14.5. The molecule has 1 saturated carbocycles. The zero-order chi connectivity index (χ0) is 17.8. The van der Waals surface area contributed by atoms with Crippen LogP contribution in [0.25, 0.3) is 0 Å². The molecule has 6 nitrogen and oxygen atoms in total. The maximum absolute atomic E-state index is 12.5. The third-order valence-electron chi connectivity index (χ3n) is 4.59. The van der Waals surface area contributed by atoms with Crippen LogP contribution in [-0.2, 0) is 14.3 Å². The number of hydrogen-bond donors (Lipinski definition) is 1. The van der Waals surface area contributed by atoms with E-state index in [4.69, 9.17) is 4.74 Å². The van der Waals surface area contributed by atoms with E-state index in [1.807, 2.05) is 6.92 Å². The van der Waals surface area contributed by atoms with E-state index in [-0.39, 0.29) is 29.7 Å². The molecule has 1 N–H and O–H groups in total. The van der Waals surface area contributed by atoms with Crippen molar-refractivity contribution in [3.8, 4) is 0 Å². The number of ether oxygens (including phenoxy) is 1. The van der Waals surface area contributed by atoms with Crippen molar-refractivity contribution in [2.45, 2.75) is 45.1 Å². The summed E-state index contributed by atoms with van der Waals surface area (Å²) < 4.78 is 5.08. The fraction of sp³-hybridized carbons (Fsp3) is 0.526. The van der Waals surface area contributed by atoms with Crippen molar-refractivity contribution in [3.63, 3.8) is 0 Å². The molecule has 1 aromatic rings. The quantitative estimate of drug-likeness (QED) is 0.805. The molecule has 3 rings (SSSR count). The third-order valence-corrected chi connectivity index (χ3v) is 4.59. The highest BCUT2D eigenvalue weighted by atomic mass is 16.5. The van der Waals surface area contributed by atoms with Crippen LogP contribution in [0.3, 0.4) is 0 Å². The second-order valence-corrected chi connectivity index (χ2v) is 6.67. The molecule has 134 valence electrons. The lowest BCUT2D eigenvalue weighted by Crippen LogP contribution is -2.43. The summed E-state index contributed by atoms with van der Waals surface area (Å²) in [6.45, 7) is 2.99. The zero-order valence-electron chi connectivity index (χ0n) is 14.5. The van der Waals surface area contributed by atoms with Crippen LogP contribution in [0.15, 0.2) is 24.3 Å². The van der Waals surface area contributed by atoms with Crippen molar-refractivity contribution in [3.05, 3.63) is 29.8 Å². The summed E-state index contributed by atoms with van der Waals surface area (Å²) in [6, 6.07) is 6.25. The minimum Gasteiger partial charge on any atom is -0.462 e. The molecule has 1 aromatic carbocycles. The Morgan fingerprint density at radius 2 is 1.88 bits per heavy atom. The monoisotopic (exact) mass is 344 g/mol. The number of likely N-dealkylation sites (tertiary alicyclic amines) is 1. The van der Waals surface area contributed by atoms with Gasteiger partial charge in [-0.15, -0.1) is 0 Å². The molecule has 0 radical (unpaired) electrons. The Morgan fingerprint density at radius 3 is 2.52 bits per heavy atom. The first kappa shape index (κ1) is 17.5. The van der Waals surface area contributed by atoms with Gasteiger partial charge in [-0.25, -0.2) is 4.79 Å². The average Bonchev–Trinajstić information content (AvgIpc) is 3.35. The smallest absolute Gasteiger partial charge is 0.338 e. The normalized spacial score (nSPS) is 19.6. The largest absolute Gasteiger partial charge is 0.462 e. The Kier molecular flexibility index (Phi) is 5.36. The van der Waals surface area contributed by atoms with Gasteiger partial charge in [0.05, 0.1) is 12.2 Å². The SMILES string of the molecule is CCCOC(=O)c1ccc(NC(=O)C2CCCN2C(=O)C2CC2)cc1. The first-order chi connectivity index (χ1) is 12.1. The Bertz CT molecular complexity index is 652. The molecule has 2 aliphatic rings. The van der Waals surface area contributed by atoms with Crippen molar-refractivity contribution in [2.75, 3.05) is 18.5 Å². The van der Waals surface area contributed by atoms with Crippen LogP contribution in [0.4, 0.5) is 5.69 Å². The summed E-state index contributed by atoms with van der Waals surface area (Å²) in [5.41, 5.74) is 1.07. The van der Waals surface area contributed by atoms with Crippen molar-refractivity contribution >= 4 is 23.5 Å². The van der Waals surface area contributed by atoms with Crippen molar-refractivity contribution in [2.24, 2.45) is 5.92 Å². The van der Waals surface area contributed by atoms with E-state index in [1.165, 1.54) is 0 Å². The molecule has 25 heavy (non-hydrogen) atoms. The molecule has 1 heterocycles. The van der Waals surface area contributed by atoms with Gasteiger partial charge in [-0.05, 0) is 56.4 Å². The summed E-state index contributed by atoms with van der Waals surface area (Å²) in [6.07, 6.45) is 4.22. The molecule has 0 spiro atoms. The van der Waals surface area contributed by atoms with E-state index < -0.39 is 0 Å². The van der Waals surface area contributed by atoms with Gasteiger partial charge in [-0.1, -0.05) is 6.92 Å². The highest BCUT2D eigenvalue weighted by Crippen LogP contribution is 2.33. The first-order valence-corrected chi connectivity index (χ1v) is 8.98. The van der Waals surface area contributed by atoms with E-state index in [1.54, 1.807) is 29.2 Å². The van der Waals surface area contributed by atoms with Gasteiger partial charge in [0.2, 0.25) is 11.8 Å². The van der Waals surface area contributed by atoms with Crippen LogP contribution < -0.4 is 5.32 Å². The Morgan fingerprint density at radius 1 is 1.16 bits per heavy atom. The van der Waals surface area contributed by atoms with Crippen molar-refractivity contribution in [1.82, 2.24) is 4.90 Å². The van der Waals surface area contributed by atoms with E-state index in [9.17, 15) is 14.4 Å². The minimum absolute atomic E-state index is 0.117. The lowest BCUT2D eigenvalue weighted by atomic mass is 10.1. The topological polar surface area (TPSA) is 75.7 Å². The lowest BCUT2D eigenvalue weighted by Gasteiger charge is -2.24.